The molecule has 0 bridgehead atoms. The molecule has 0 heterocycles. The van der Waals surface area contributed by atoms with Crippen LogP contribution in [0.15, 0.2) is 0 Å². The van der Waals surface area contributed by atoms with Crippen molar-refractivity contribution < 1.29 is 11.0 Å². The van der Waals surface area contributed by atoms with Crippen LogP contribution in [-0.2, 0) is 9.53 Å². The molecule has 0 unspecified atom stereocenters. The predicted octanol–water partition coefficient (Wildman–Crippen LogP) is 0.651. The third kappa shape index (κ3) is 11.2. The van der Waals surface area contributed by atoms with Crippen molar-refractivity contribution in [2.45, 2.75) is 13.8 Å². The number of rotatable bonds is 2. The molecule has 3 nitrogen and oxygen atoms in total. The monoisotopic (exact) mass is 135 g/mol. The molecule has 58 valence electrons. The molecule has 0 saturated heterocycles. The highest BCUT2D eigenvalue weighted by Crippen LogP contribution is 1.64. The molecular formula is C6H17NO2. The first-order chi connectivity index (χ1) is 4.31. The van der Waals surface area contributed by atoms with E-state index in [9.17, 15) is 4.79 Å². The molecule has 1 N–H and O–H groups in total. The fourth-order valence-corrected chi connectivity index (χ4v) is 0.217. The van der Waals surface area contributed by atoms with Crippen LogP contribution in [0, 0.1) is 0 Å². The summed E-state index contributed by atoms with van der Waals surface area (Å²) in [5.74, 6) is -0.234. The van der Waals surface area contributed by atoms with Gasteiger partial charge in [0.1, 0.15) is 0 Å². The molecule has 0 radical (unpaired) electrons. The molecule has 0 saturated carbocycles. The number of nitrogens with one attached hydrogen (secondary N) is 1. The molecule has 0 aliphatic rings. The van der Waals surface area contributed by atoms with Gasteiger partial charge in [-0.15, -0.1) is 0 Å². The molecule has 0 aliphatic carbocycles. The summed E-state index contributed by atoms with van der Waals surface area (Å²) in [6, 6.07) is 0. The molecule has 0 aromatic heterocycles. The zero-order chi connectivity index (χ0) is 7.70. The zero-order valence-corrected chi connectivity index (χ0v) is 6.52. The summed E-state index contributed by atoms with van der Waals surface area (Å²) in [6.45, 7) is 4.29. The Morgan fingerprint density at radius 3 is 2.22 bits per heavy atom. The third-order valence-electron chi connectivity index (χ3n) is 0.549. The van der Waals surface area contributed by atoms with Crippen LogP contribution in [0.25, 0.3) is 0 Å². The Kier molecular flexibility index (Phi) is 13.0. The van der Waals surface area contributed by atoms with Gasteiger partial charge in [-0.25, -0.2) is 0 Å². The smallest absolute Gasteiger partial charge is 0.319 e. The van der Waals surface area contributed by atoms with Crippen molar-refractivity contribution in [1.82, 2.24) is 5.32 Å². The normalized spacial score (nSPS) is 7.11. The lowest BCUT2D eigenvalue weighted by Crippen LogP contribution is -2.19. The van der Waals surface area contributed by atoms with Crippen LogP contribution in [0.3, 0.4) is 0 Å². The van der Waals surface area contributed by atoms with Crippen molar-refractivity contribution in [3.63, 3.8) is 0 Å². The Morgan fingerprint density at radius 2 is 2.11 bits per heavy atom. The van der Waals surface area contributed by atoms with Gasteiger partial charge in [-0.1, -0.05) is 13.8 Å². The molecular weight excluding hydrogens is 118 g/mol. The van der Waals surface area contributed by atoms with Crippen LogP contribution in [-0.4, -0.2) is 26.7 Å². The van der Waals surface area contributed by atoms with Gasteiger partial charge in [-0.3, -0.25) is 4.79 Å². The molecule has 3 heteroatoms. The average Bonchev–Trinajstić information content (AvgIpc) is 1.93. The van der Waals surface area contributed by atoms with Gasteiger partial charge < -0.3 is 10.1 Å². The Balaban J connectivity index is -0.000000149. The van der Waals surface area contributed by atoms with E-state index in [1.807, 2.05) is 13.8 Å². The van der Waals surface area contributed by atoms with Gasteiger partial charge in [0.2, 0.25) is 0 Å². The fourth-order valence-electron chi connectivity index (χ4n) is 0.217. The van der Waals surface area contributed by atoms with Crippen LogP contribution in [0.4, 0.5) is 0 Å². The van der Waals surface area contributed by atoms with Crippen LogP contribution < -0.4 is 5.32 Å². The molecule has 0 spiro atoms. The summed E-state index contributed by atoms with van der Waals surface area (Å²) in [5.41, 5.74) is 0. The van der Waals surface area contributed by atoms with E-state index in [2.05, 4.69) is 10.1 Å². The second-order valence-electron chi connectivity index (χ2n) is 1.11. The molecule has 9 heavy (non-hydrogen) atoms. The maximum atomic E-state index is 10.1. The Hall–Kier alpha value is -0.570. The van der Waals surface area contributed by atoms with Crippen LogP contribution in [0.1, 0.15) is 15.3 Å². The van der Waals surface area contributed by atoms with Gasteiger partial charge in [-0.05, 0) is 7.05 Å². The first-order valence-corrected chi connectivity index (χ1v) is 3.02. The predicted molar refractivity (Wildman–Crippen MR) is 39.4 cm³/mol. The van der Waals surface area contributed by atoms with E-state index < -0.39 is 0 Å². The highest BCUT2D eigenvalue weighted by molar-refractivity contribution is 5.71. The first kappa shape index (κ1) is 11.3. The van der Waals surface area contributed by atoms with E-state index in [1.165, 1.54) is 7.11 Å². The number of hydrogen-bond acceptors (Lipinski definition) is 3. The van der Waals surface area contributed by atoms with Crippen molar-refractivity contribution >= 4 is 5.97 Å². The van der Waals surface area contributed by atoms with E-state index in [-0.39, 0.29) is 13.9 Å². The van der Waals surface area contributed by atoms with Crippen molar-refractivity contribution in [3.05, 3.63) is 0 Å². The largest absolute Gasteiger partial charge is 0.468 e. The van der Waals surface area contributed by atoms with Crippen molar-refractivity contribution in [2.24, 2.45) is 0 Å². The number of ether oxygens (including phenoxy) is 1. The minimum Gasteiger partial charge on any atom is -0.468 e. The maximum absolute atomic E-state index is 10.1. The Bertz CT molecular complexity index is 68.8. The quantitative estimate of drug-likeness (QED) is 0.565. The highest BCUT2D eigenvalue weighted by Gasteiger charge is 1.91. The van der Waals surface area contributed by atoms with E-state index in [4.69, 9.17) is 0 Å². The van der Waals surface area contributed by atoms with Crippen LogP contribution in [0.2, 0.25) is 0 Å². The van der Waals surface area contributed by atoms with Gasteiger partial charge in [0.25, 0.3) is 0 Å². The first-order valence-electron chi connectivity index (χ1n) is 3.02. The number of carbonyl (C=O) groups is 1. The molecule has 0 rings (SSSR count). The van der Waals surface area contributed by atoms with E-state index in [0.29, 0.717) is 0 Å². The van der Waals surface area contributed by atoms with Gasteiger partial charge in [-0.2, -0.15) is 0 Å². The van der Waals surface area contributed by atoms with Gasteiger partial charge in [0, 0.05) is 1.43 Å². The topological polar surface area (TPSA) is 38.3 Å². The minimum absolute atomic E-state index is 0. The SMILES string of the molecule is CC.CNCC(=O)OC.[HH]. The number of methoxy groups -OCH3 is 1. The lowest BCUT2D eigenvalue weighted by molar-refractivity contribution is -0.139. The molecule has 0 fully saturated rings. The van der Waals surface area contributed by atoms with Crippen LogP contribution >= 0.6 is 0 Å². The van der Waals surface area contributed by atoms with Crippen molar-refractivity contribution in [1.29, 1.82) is 0 Å². The summed E-state index contributed by atoms with van der Waals surface area (Å²) < 4.78 is 4.29. The number of likely N-dealkylation sites (N-methyl/N-ethyl adjacent to an activating group) is 1. The zero-order valence-electron chi connectivity index (χ0n) is 6.52. The highest BCUT2D eigenvalue weighted by atomic mass is 16.5. The summed E-state index contributed by atoms with van der Waals surface area (Å²) in [6.07, 6.45) is 0. The summed E-state index contributed by atoms with van der Waals surface area (Å²) in [7, 11) is 3.05. The van der Waals surface area contributed by atoms with Crippen molar-refractivity contribution in [2.75, 3.05) is 20.7 Å². The number of hydrogen-bond donors (Lipinski definition) is 1. The molecule has 0 atom stereocenters. The van der Waals surface area contributed by atoms with E-state index in [1.54, 1.807) is 7.05 Å². The maximum Gasteiger partial charge on any atom is 0.319 e. The van der Waals surface area contributed by atoms with Crippen LogP contribution in [0.5, 0.6) is 0 Å². The van der Waals surface area contributed by atoms with Gasteiger partial charge in [0.15, 0.2) is 0 Å². The molecule has 0 aliphatic heterocycles. The second kappa shape index (κ2) is 10.4. The van der Waals surface area contributed by atoms with Gasteiger partial charge >= 0.3 is 5.97 Å². The molecule has 0 aromatic rings. The summed E-state index contributed by atoms with van der Waals surface area (Å²) in [5, 5.41) is 2.64. The standard InChI is InChI=1S/C4H9NO2.C2H6.H2/c1-5-3-4(6)7-2;1-2;/h5H,3H2,1-2H3;1-2H3;1H. The van der Waals surface area contributed by atoms with E-state index in [0.717, 1.165) is 0 Å². The molecule has 0 amide bonds. The minimum atomic E-state index is -0.234. The summed E-state index contributed by atoms with van der Waals surface area (Å²) in [4.78, 5) is 10.1. The van der Waals surface area contributed by atoms with E-state index >= 15 is 0 Å². The third-order valence-corrected chi connectivity index (χ3v) is 0.549. The molecule has 0 aromatic carbocycles. The van der Waals surface area contributed by atoms with Crippen molar-refractivity contribution in [3.8, 4) is 0 Å². The fraction of sp³-hybridized carbons (Fsp3) is 0.833. The number of carbonyl (C=O) groups excluding carboxylic acids is 1. The summed E-state index contributed by atoms with van der Waals surface area (Å²) >= 11 is 0. The average molecular weight is 135 g/mol. The lowest BCUT2D eigenvalue weighted by Gasteiger charge is -1.93. The second-order valence-corrected chi connectivity index (χ2v) is 1.11. The Labute approximate surface area is 57.9 Å². The van der Waals surface area contributed by atoms with Gasteiger partial charge in [0.05, 0.1) is 13.7 Å². The Morgan fingerprint density at radius 1 is 1.67 bits per heavy atom. The number of esters is 1. The lowest BCUT2D eigenvalue weighted by atomic mass is 10.7.